The number of hydrogen-bond donors (Lipinski definition) is 3. The first-order valence-electron chi connectivity index (χ1n) is 6.72. The number of ether oxygens (including phenoxy) is 1. The van der Waals surface area contributed by atoms with Crippen LogP contribution in [0.2, 0.25) is 0 Å². The third-order valence-corrected chi connectivity index (χ3v) is 2.87. The number of thiazole rings is 1. The number of rotatable bonds is 2. The van der Waals surface area contributed by atoms with Crippen LogP contribution < -0.4 is 16.8 Å². The first-order chi connectivity index (χ1) is 10.3. The number of hydrogen-bond acceptors (Lipinski definition) is 6. The largest absolute Gasteiger partial charge is 0.444 e. The number of benzene rings is 1. The van der Waals surface area contributed by atoms with Crippen molar-refractivity contribution in [1.29, 1.82) is 0 Å². The molecule has 0 bridgehead atoms. The van der Waals surface area contributed by atoms with E-state index in [1.54, 1.807) is 18.3 Å². The van der Waals surface area contributed by atoms with Crippen molar-refractivity contribution < 1.29 is 9.53 Å². The Labute approximate surface area is 134 Å². The molecule has 7 heteroatoms. The smallest absolute Gasteiger partial charge is 0.407 e. The lowest BCUT2D eigenvalue weighted by Gasteiger charge is -2.19. The first-order valence-corrected chi connectivity index (χ1v) is 7.60. The van der Waals surface area contributed by atoms with Gasteiger partial charge < -0.3 is 21.5 Å². The zero-order chi connectivity index (χ0) is 16.6. The molecule has 0 unspecified atom stereocenters. The maximum Gasteiger partial charge on any atom is 0.407 e. The third kappa shape index (κ3) is 8.11. The second kappa shape index (κ2) is 8.23. The summed E-state index contributed by atoms with van der Waals surface area (Å²) in [6.45, 7) is 5.93. The molecular weight excluding hydrogens is 300 g/mol. The minimum Gasteiger partial charge on any atom is -0.444 e. The molecule has 22 heavy (non-hydrogen) atoms. The SMILES string of the molecule is CC(C)(C)OC(=O)NCc1ccc(N)cc1.Nc1nccs1. The molecule has 1 amide bonds. The normalized spacial score (nSPS) is 10.3. The summed E-state index contributed by atoms with van der Waals surface area (Å²) in [5, 5.41) is 5.15. The summed E-state index contributed by atoms with van der Waals surface area (Å²) in [6, 6.07) is 7.33. The highest BCUT2D eigenvalue weighted by Gasteiger charge is 2.15. The van der Waals surface area contributed by atoms with E-state index < -0.39 is 11.7 Å². The van der Waals surface area contributed by atoms with E-state index in [1.165, 1.54) is 11.3 Å². The zero-order valence-electron chi connectivity index (χ0n) is 13.0. The molecule has 1 aromatic heterocycles. The Morgan fingerprint density at radius 3 is 2.32 bits per heavy atom. The maximum absolute atomic E-state index is 11.3. The Kier molecular flexibility index (Phi) is 6.65. The fraction of sp³-hybridized carbons (Fsp3) is 0.333. The summed E-state index contributed by atoms with van der Waals surface area (Å²) in [5.41, 5.74) is 12.0. The Morgan fingerprint density at radius 1 is 1.27 bits per heavy atom. The predicted octanol–water partition coefficient (Wildman–Crippen LogP) is 3.02. The van der Waals surface area contributed by atoms with E-state index in [9.17, 15) is 4.79 Å². The molecule has 0 saturated heterocycles. The number of anilines is 2. The number of nitrogens with one attached hydrogen (secondary N) is 1. The van der Waals surface area contributed by atoms with Crippen LogP contribution in [0, 0.1) is 0 Å². The maximum atomic E-state index is 11.3. The molecule has 1 heterocycles. The number of amides is 1. The van der Waals surface area contributed by atoms with Gasteiger partial charge in [0.15, 0.2) is 5.13 Å². The number of nitrogens with zero attached hydrogens (tertiary/aromatic N) is 1. The van der Waals surface area contributed by atoms with Crippen LogP contribution in [0.25, 0.3) is 0 Å². The number of carbonyl (C=O) groups is 1. The fourth-order valence-corrected chi connectivity index (χ4v) is 1.74. The van der Waals surface area contributed by atoms with Crippen molar-refractivity contribution in [1.82, 2.24) is 10.3 Å². The summed E-state index contributed by atoms with van der Waals surface area (Å²) in [6.07, 6.45) is 1.27. The number of carbonyl (C=O) groups excluding carboxylic acids is 1. The van der Waals surface area contributed by atoms with Crippen LogP contribution in [-0.2, 0) is 11.3 Å². The van der Waals surface area contributed by atoms with Crippen molar-refractivity contribution in [3.05, 3.63) is 41.4 Å². The van der Waals surface area contributed by atoms with E-state index in [1.807, 2.05) is 38.3 Å². The number of aromatic nitrogens is 1. The summed E-state index contributed by atoms with van der Waals surface area (Å²) >= 11 is 1.44. The van der Waals surface area contributed by atoms with Gasteiger partial charge in [0.2, 0.25) is 0 Å². The van der Waals surface area contributed by atoms with Crippen molar-refractivity contribution in [2.75, 3.05) is 11.5 Å². The lowest BCUT2D eigenvalue weighted by Crippen LogP contribution is -2.32. The lowest BCUT2D eigenvalue weighted by atomic mass is 10.2. The molecule has 0 atom stereocenters. The van der Waals surface area contributed by atoms with Gasteiger partial charge in [0.25, 0.3) is 0 Å². The third-order valence-electron chi connectivity index (χ3n) is 2.27. The quantitative estimate of drug-likeness (QED) is 0.737. The monoisotopic (exact) mass is 322 g/mol. The van der Waals surface area contributed by atoms with E-state index >= 15 is 0 Å². The summed E-state index contributed by atoms with van der Waals surface area (Å²) in [7, 11) is 0. The molecule has 0 aliphatic heterocycles. The Balaban J connectivity index is 0.000000335. The molecule has 2 aromatic rings. The Hall–Kier alpha value is -2.28. The van der Waals surface area contributed by atoms with E-state index in [0.717, 1.165) is 5.56 Å². The predicted molar refractivity (Wildman–Crippen MR) is 90.5 cm³/mol. The summed E-state index contributed by atoms with van der Waals surface area (Å²) in [5.74, 6) is 0. The average molecular weight is 322 g/mol. The standard InChI is InChI=1S/C12H18N2O2.C3H4N2S/c1-12(2,3)16-11(15)14-8-9-4-6-10(13)7-5-9;4-3-5-1-2-6-3/h4-7H,8,13H2,1-3H3,(H,14,15);1-2H,(H2,4,5). The molecule has 0 spiro atoms. The first kappa shape index (κ1) is 17.8. The molecule has 6 nitrogen and oxygen atoms in total. The van der Waals surface area contributed by atoms with Gasteiger partial charge in [-0.15, -0.1) is 11.3 Å². The molecule has 0 radical (unpaired) electrons. The topological polar surface area (TPSA) is 103 Å². The van der Waals surface area contributed by atoms with Crippen LogP contribution in [0.3, 0.4) is 0 Å². The van der Waals surface area contributed by atoms with Crippen LogP contribution in [-0.4, -0.2) is 16.7 Å². The van der Waals surface area contributed by atoms with Gasteiger partial charge in [-0.1, -0.05) is 12.1 Å². The van der Waals surface area contributed by atoms with E-state index in [-0.39, 0.29) is 0 Å². The second-order valence-corrected chi connectivity index (χ2v) is 6.39. The van der Waals surface area contributed by atoms with Gasteiger partial charge in [0.05, 0.1) is 0 Å². The van der Waals surface area contributed by atoms with Crippen LogP contribution in [0.4, 0.5) is 15.6 Å². The van der Waals surface area contributed by atoms with Gasteiger partial charge in [-0.2, -0.15) is 0 Å². The fourth-order valence-electron chi connectivity index (χ4n) is 1.36. The molecule has 5 N–H and O–H groups in total. The molecule has 0 aliphatic carbocycles. The highest BCUT2D eigenvalue weighted by molar-refractivity contribution is 7.13. The molecule has 0 fully saturated rings. The number of alkyl carbamates (subject to hydrolysis) is 1. The van der Waals surface area contributed by atoms with Gasteiger partial charge in [0, 0.05) is 23.8 Å². The number of nitrogens with two attached hydrogens (primary N) is 2. The summed E-state index contributed by atoms with van der Waals surface area (Å²) in [4.78, 5) is 15.1. The van der Waals surface area contributed by atoms with Crippen molar-refractivity contribution in [2.24, 2.45) is 0 Å². The molecule has 120 valence electrons. The van der Waals surface area contributed by atoms with Crippen LogP contribution >= 0.6 is 11.3 Å². The van der Waals surface area contributed by atoms with Gasteiger partial charge in [0.1, 0.15) is 5.60 Å². The van der Waals surface area contributed by atoms with Crippen LogP contribution in [0.5, 0.6) is 0 Å². The minimum absolute atomic E-state index is 0.413. The zero-order valence-corrected chi connectivity index (χ0v) is 13.8. The lowest BCUT2D eigenvalue weighted by molar-refractivity contribution is 0.0523. The summed E-state index contributed by atoms with van der Waals surface area (Å²) < 4.78 is 5.11. The highest BCUT2D eigenvalue weighted by Crippen LogP contribution is 2.08. The van der Waals surface area contributed by atoms with Gasteiger partial charge in [-0.3, -0.25) is 0 Å². The second-order valence-electron chi connectivity index (χ2n) is 5.47. The Morgan fingerprint density at radius 2 is 1.91 bits per heavy atom. The molecular formula is C15H22N4O2S. The van der Waals surface area contributed by atoms with E-state index in [4.69, 9.17) is 16.2 Å². The van der Waals surface area contributed by atoms with Crippen molar-refractivity contribution >= 4 is 28.2 Å². The molecule has 2 rings (SSSR count). The molecule has 0 saturated carbocycles. The van der Waals surface area contributed by atoms with Crippen molar-refractivity contribution in [3.8, 4) is 0 Å². The molecule has 0 aliphatic rings. The average Bonchev–Trinajstić information content (AvgIpc) is 2.88. The molecule has 1 aromatic carbocycles. The van der Waals surface area contributed by atoms with Crippen LogP contribution in [0.1, 0.15) is 26.3 Å². The van der Waals surface area contributed by atoms with Crippen LogP contribution in [0.15, 0.2) is 35.8 Å². The number of nitrogen functional groups attached to an aromatic ring is 2. The van der Waals surface area contributed by atoms with Gasteiger partial charge in [-0.05, 0) is 38.5 Å². The van der Waals surface area contributed by atoms with E-state index in [0.29, 0.717) is 17.4 Å². The van der Waals surface area contributed by atoms with Crippen molar-refractivity contribution in [2.45, 2.75) is 32.9 Å². The van der Waals surface area contributed by atoms with E-state index in [2.05, 4.69) is 10.3 Å². The van der Waals surface area contributed by atoms with Gasteiger partial charge >= 0.3 is 6.09 Å². The van der Waals surface area contributed by atoms with Gasteiger partial charge in [-0.25, -0.2) is 9.78 Å². The Bertz CT molecular complexity index is 562. The highest BCUT2D eigenvalue weighted by atomic mass is 32.1. The van der Waals surface area contributed by atoms with Crippen molar-refractivity contribution in [3.63, 3.8) is 0 Å². The minimum atomic E-state index is -0.467.